The van der Waals surface area contributed by atoms with Crippen molar-refractivity contribution in [1.82, 2.24) is 4.90 Å². The monoisotopic (exact) mass is 466 g/mol. The first-order valence-electron chi connectivity index (χ1n) is 13.0. The van der Waals surface area contributed by atoms with Crippen LogP contribution in [0.2, 0.25) is 0 Å². The topological polar surface area (TPSA) is 63.0 Å². The van der Waals surface area contributed by atoms with E-state index < -0.39 is 18.1 Å². The predicted octanol–water partition coefficient (Wildman–Crippen LogP) is 6.36. The van der Waals surface area contributed by atoms with Gasteiger partial charge in [0.25, 0.3) is 5.91 Å². The first kappa shape index (κ1) is 24.5. The fourth-order valence-electron chi connectivity index (χ4n) is 5.11. The molecule has 0 spiro atoms. The van der Waals surface area contributed by atoms with Crippen molar-refractivity contribution < 1.29 is 18.8 Å². The summed E-state index contributed by atoms with van der Waals surface area (Å²) in [5.74, 6) is -0.336. The lowest BCUT2D eigenvalue weighted by Gasteiger charge is -2.27. The first-order valence-corrected chi connectivity index (χ1v) is 13.0. The molecule has 34 heavy (non-hydrogen) atoms. The maximum Gasteiger partial charge on any atom is 0.262 e. The third-order valence-electron chi connectivity index (χ3n) is 7.07. The van der Waals surface area contributed by atoms with E-state index in [0.29, 0.717) is 12.3 Å². The molecule has 184 valence electrons. The van der Waals surface area contributed by atoms with Crippen LogP contribution in [0.25, 0.3) is 0 Å². The average molecular weight is 467 g/mol. The second kappa shape index (κ2) is 11.7. The molecule has 3 heterocycles. The van der Waals surface area contributed by atoms with Crippen molar-refractivity contribution in [2.75, 3.05) is 11.6 Å². The van der Waals surface area contributed by atoms with E-state index >= 15 is 0 Å². The number of nitrogens with zero attached hydrogens (tertiary/aromatic N) is 2. The molecule has 0 aliphatic carbocycles. The van der Waals surface area contributed by atoms with Gasteiger partial charge in [-0.3, -0.25) is 19.3 Å². The predicted molar refractivity (Wildman–Crippen MR) is 132 cm³/mol. The van der Waals surface area contributed by atoms with E-state index in [1.54, 1.807) is 17.4 Å². The minimum absolute atomic E-state index is 0.151. The number of amides is 2. The van der Waals surface area contributed by atoms with E-state index in [2.05, 4.69) is 6.92 Å². The lowest BCUT2D eigenvalue weighted by atomic mass is 9.94. The van der Waals surface area contributed by atoms with Crippen LogP contribution in [0.15, 0.2) is 47.1 Å². The largest absolute Gasteiger partial charge is 0.467 e. The van der Waals surface area contributed by atoms with Crippen LogP contribution in [-0.2, 0) is 14.4 Å². The molecule has 3 unspecified atom stereocenters. The van der Waals surface area contributed by atoms with Gasteiger partial charge in [-0.15, -0.1) is 0 Å². The van der Waals surface area contributed by atoms with Gasteiger partial charge >= 0.3 is 0 Å². The summed E-state index contributed by atoms with van der Waals surface area (Å²) in [4.78, 5) is 34.1. The molecule has 2 amide bonds. The number of hydroxylamine groups is 1. The zero-order chi connectivity index (χ0) is 23.9. The molecular weight excluding hydrogens is 428 g/mol. The minimum atomic E-state index is -0.799. The van der Waals surface area contributed by atoms with Crippen LogP contribution < -0.4 is 5.06 Å². The Kier molecular flexibility index (Phi) is 8.44. The highest BCUT2D eigenvalue weighted by Crippen LogP contribution is 2.46. The highest BCUT2D eigenvalue weighted by molar-refractivity contribution is 6.07. The molecule has 2 saturated heterocycles. The number of carbonyl (C=O) groups is 2. The molecular formula is C28H38N2O4. The zero-order valence-corrected chi connectivity index (χ0v) is 20.6. The van der Waals surface area contributed by atoms with Crippen LogP contribution >= 0.6 is 0 Å². The number of hydrogen-bond acceptors (Lipinski definition) is 5. The Hall–Kier alpha value is -2.60. The van der Waals surface area contributed by atoms with Gasteiger partial charge in [-0.25, -0.2) is 5.06 Å². The van der Waals surface area contributed by atoms with Gasteiger partial charge in [0.15, 0.2) is 6.10 Å². The molecule has 6 heteroatoms. The third-order valence-corrected chi connectivity index (χ3v) is 7.07. The van der Waals surface area contributed by atoms with Crippen molar-refractivity contribution in [2.45, 2.75) is 90.2 Å². The van der Waals surface area contributed by atoms with Crippen LogP contribution in [0.1, 0.15) is 88.5 Å². The van der Waals surface area contributed by atoms with Crippen molar-refractivity contribution in [3.05, 3.63) is 54.0 Å². The second-order valence-corrected chi connectivity index (χ2v) is 9.68. The van der Waals surface area contributed by atoms with Gasteiger partial charge in [0.2, 0.25) is 5.91 Å². The summed E-state index contributed by atoms with van der Waals surface area (Å²) in [5.41, 5.74) is 1.94. The number of furan rings is 1. The molecule has 1 aromatic heterocycles. The van der Waals surface area contributed by atoms with Crippen molar-refractivity contribution in [1.29, 1.82) is 0 Å². The summed E-state index contributed by atoms with van der Waals surface area (Å²) in [7, 11) is 0. The minimum Gasteiger partial charge on any atom is -0.467 e. The van der Waals surface area contributed by atoms with E-state index in [0.717, 1.165) is 30.5 Å². The smallest absolute Gasteiger partial charge is 0.262 e. The lowest BCUT2D eigenvalue weighted by molar-refractivity contribution is -0.143. The van der Waals surface area contributed by atoms with Crippen molar-refractivity contribution in [2.24, 2.45) is 5.92 Å². The van der Waals surface area contributed by atoms with Crippen molar-refractivity contribution >= 4 is 17.5 Å². The SMILES string of the molecule is CCCCCCCCCCCCN1C(=O)C2ON(c3ccc(C)cc3)C(c3ccco3)C2C1=O. The molecule has 2 fully saturated rings. The number of rotatable bonds is 13. The molecule has 2 aliphatic rings. The fraction of sp³-hybridized carbons (Fsp3) is 0.571. The standard InChI is InChI=1S/C28H38N2O4/c1-3-4-5-6-7-8-9-10-11-12-19-29-27(31)24-25(23-14-13-20-33-23)30(34-26(24)28(29)32)22-17-15-21(2)16-18-22/h13-18,20,24-26H,3-12,19H2,1-2H3. The highest BCUT2D eigenvalue weighted by Gasteiger charge is 2.60. The molecule has 1 aromatic carbocycles. The number of unbranched alkanes of at least 4 members (excludes halogenated alkanes) is 9. The molecule has 0 radical (unpaired) electrons. The van der Waals surface area contributed by atoms with Gasteiger partial charge in [0.05, 0.1) is 12.0 Å². The fourth-order valence-corrected chi connectivity index (χ4v) is 5.11. The summed E-state index contributed by atoms with van der Waals surface area (Å²) >= 11 is 0. The highest BCUT2D eigenvalue weighted by atomic mass is 16.7. The first-order chi connectivity index (χ1) is 16.6. The summed E-state index contributed by atoms with van der Waals surface area (Å²) in [6.45, 7) is 4.73. The molecule has 0 bridgehead atoms. The van der Waals surface area contributed by atoms with Crippen LogP contribution in [0.5, 0.6) is 0 Å². The number of anilines is 1. The quantitative estimate of drug-likeness (QED) is 0.254. The van der Waals surface area contributed by atoms with Crippen molar-refractivity contribution in [3.8, 4) is 0 Å². The Bertz CT molecular complexity index is 924. The maximum absolute atomic E-state index is 13.4. The van der Waals surface area contributed by atoms with E-state index in [9.17, 15) is 9.59 Å². The van der Waals surface area contributed by atoms with E-state index in [-0.39, 0.29) is 11.8 Å². The van der Waals surface area contributed by atoms with Crippen LogP contribution in [-0.4, -0.2) is 29.4 Å². The Morgan fingerprint density at radius 3 is 2.09 bits per heavy atom. The number of carbonyl (C=O) groups excluding carboxylic acids is 2. The van der Waals surface area contributed by atoms with E-state index in [4.69, 9.17) is 9.25 Å². The van der Waals surface area contributed by atoms with Gasteiger partial charge in [0, 0.05) is 6.54 Å². The molecule has 2 aliphatic heterocycles. The Morgan fingerprint density at radius 2 is 1.47 bits per heavy atom. The molecule has 3 atom stereocenters. The van der Waals surface area contributed by atoms with E-state index in [1.165, 1.54) is 49.8 Å². The van der Waals surface area contributed by atoms with Crippen LogP contribution in [0.4, 0.5) is 5.69 Å². The summed E-state index contributed by atoms with van der Waals surface area (Å²) in [5, 5.41) is 1.68. The van der Waals surface area contributed by atoms with Gasteiger partial charge in [0.1, 0.15) is 17.7 Å². The third kappa shape index (κ3) is 5.38. The van der Waals surface area contributed by atoms with Gasteiger partial charge in [-0.2, -0.15) is 0 Å². The van der Waals surface area contributed by atoms with Gasteiger partial charge < -0.3 is 4.42 Å². The summed E-state index contributed by atoms with van der Waals surface area (Å²) < 4.78 is 5.68. The normalized spacial score (nSPS) is 22.1. The average Bonchev–Trinajstić information content (AvgIpc) is 3.54. The molecule has 2 aromatic rings. The lowest BCUT2D eigenvalue weighted by Crippen LogP contribution is -2.37. The molecule has 0 saturated carbocycles. The van der Waals surface area contributed by atoms with Crippen molar-refractivity contribution in [3.63, 3.8) is 0 Å². The Morgan fingerprint density at radius 1 is 0.824 bits per heavy atom. The Labute approximate surface area is 203 Å². The number of imide groups is 1. The second-order valence-electron chi connectivity index (χ2n) is 9.68. The molecule has 0 N–H and O–H groups in total. The number of fused-ring (bicyclic) bond motifs is 1. The van der Waals surface area contributed by atoms with Gasteiger partial charge in [-0.05, 0) is 37.6 Å². The summed E-state index contributed by atoms with van der Waals surface area (Å²) in [6, 6.07) is 11.1. The molecule has 4 rings (SSSR count). The number of hydrogen-bond donors (Lipinski definition) is 0. The zero-order valence-electron chi connectivity index (χ0n) is 20.6. The number of aryl methyl sites for hydroxylation is 1. The van der Waals surface area contributed by atoms with Gasteiger partial charge in [-0.1, -0.05) is 82.4 Å². The Balaban J connectivity index is 1.32. The number of likely N-dealkylation sites (tertiary alicyclic amines) is 1. The van der Waals surface area contributed by atoms with Crippen LogP contribution in [0.3, 0.4) is 0 Å². The maximum atomic E-state index is 13.4. The summed E-state index contributed by atoms with van der Waals surface area (Å²) in [6.07, 6.45) is 13.0. The number of benzene rings is 1. The van der Waals surface area contributed by atoms with Crippen LogP contribution in [0, 0.1) is 12.8 Å². The van der Waals surface area contributed by atoms with E-state index in [1.807, 2.05) is 37.3 Å². The molecule has 6 nitrogen and oxygen atoms in total.